The molecule has 1 aliphatic heterocycles. The number of alkyl halides is 1. The van der Waals surface area contributed by atoms with E-state index in [0.29, 0.717) is 0 Å². The van der Waals surface area contributed by atoms with Crippen molar-refractivity contribution < 1.29 is 14.3 Å². The molecule has 1 unspecified atom stereocenters. The monoisotopic (exact) mass is 183 g/mol. The van der Waals surface area contributed by atoms with E-state index in [-0.39, 0.29) is 24.7 Å². The number of carboxylic acids is 1. The zero-order valence-corrected chi connectivity index (χ0v) is 6.73. The minimum absolute atomic E-state index is 0. The number of hydrogen-bond acceptors (Lipinski definition) is 2. The van der Waals surface area contributed by atoms with Crippen molar-refractivity contribution in [3.8, 4) is 0 Å². The second-order valence-electron chi connectivity index (χ2n) is 2.57. The van der Waals surface area contributed by atoms with Gasteiger partial charge in [0.05, 0.1) is 0 Å². The van der Waals surface area contributed by atoms with Gasteiger partial charge in [-0.05, 0) is 25.4 Å². The van der Waals surface area contributed by atoms with E-state index in [0.717, 1.165) is 13.1 Å². The Morgan fingerprint density at radius 2 is 2.27 bits per heavy atom. The molecule has 0 amide bonds. The van der Waals surface area contributed by atoms with E-state index >= 15 is 0 Å². The topological polar surface area (TPSA) is 49.3 Å². The fraction of sp³-hybridized carbons (Fsp3) is 0.833. The summed E-state index contributed by atoms with van der Waals surface area (Å²) in [6.07, 6.45) is -1.52. The smallest absolute Gasteiger partial charge is 0.338 e. The molecule has 0 spiro atoms. The maximum Gasteiger partial charge on any atom is 0.338 e. The molecule has 1 atom stereocenters. The van der Waals surface area contributed by atoms with Crippen LogP contribution in [-0.2, 0) is 4.79 Å². The van der Waals surface area contributed by atoms with E-state index in [9.17, 15) is 9.18 Å². The number of aliphatic carboxylic acids is 1. The lowest BCUT2D eigenvalue weighted by molar-refractivity contribution is -0.143. The fourth-order valence-corrected chi connectivity index (χ4v) is 0.909. The van der Waals surface area contributed by atoms with Gasteiger partial charge in [-0.1, -0.05) is 0 Å². The lowest BCUT2D eigenvalue weighted by Gasteiger charge is -2.27. The molecule has 1 saturated heterocycles. The fourth-order valence-electron chi connectivity index (χ4n) is 0.909. The van der Waals surface area contributed by atoms with Crippen LogP contribution in [0.2, 0.25) is 0 Å². The highest BCUT2D eigenvalue weighted by Crippen LogP contribution is 2.13. The molecule has 0 aliphatic carbocycles. The molecule has 11 heavy (non-hydrogen) atoms. The molecular formula is C6H11ClFNO2. The van der Waals surface area contributed by atoms with E-state index in [4.69, 9.17) is 5.11 Å². The maximum absolute atomic E-state index is 12.4. The molecule has 3 nitrogen and oxygen atoms in total. The average molecular weight is 184 g/mol. The summed E-state index contributed by atoms with van der Waals surface area (Å²) in [5.41, 5.74) is 0. The first kappa shape index (κ1) is 10.7. The van der Waals surface area contributed by atoms with Crippen molar-refractivity contribution >= 4 is 18.4 Å². The van der Waals surface area contributed by atoms with Crippen LogP contribution in [0.3, 0.4) is 0 Å². The molecule has 1 heterocycles. The van der Waals surface area contributed by atoms with Gasteiger partial charge in [-0.2, -0.15) is 0 Å². The lowest BCUT2D eigenvalue weighted by Crippen LogP contribution is -2.43. The highest BCUT2D eigenvalue weighted by Gasteiger charge is 2.25. The van der Waals surface area contributed by atoms with Crippen molar-refractivity contribution in [3.63, 3.8) is 0 Å². The summed E-state index contributed by atoms with van der Waals surface area (Å²) in [5.74, 6) is -1.11. The van der Waals surface area contributed by atoms with E-state index in [1.54, 1.807) is 0 Å². The molecule has 1 fully saturated rings. The summed E-state index contributed by atoms with van der Waals surface area (Å²) in [6.45, 7) is 1.52. The Kier molecular flexibility index (Phi) is 4.37. The van der Waals surface area contributed by atoms with Gasteiger partial charge in [0, 0.05) is 0 Å². The number of carbonyl (C=O) groups is 1. The van der Waals surface area contributed by atoms with Crippen molar-refractivity contribution in [1.29, 1.82) is 0 Å². The lowest BCUT2D eigenvalue weighted by atomic mass is 9.97. The van der Waals surface area contributed by atoms with E-state index in [1.807, 2.05) is 0 Å². The van der Waals surface area contributed by atoms with E-state index in [2.05, 4.69) is 5.32 Å². The van der Waals surface area contributed by atoms with Gasteiger partial charge in [-0.15, -0.1) is 12.4 Å². The van der Waals surface area contributed by atoms with Crippen LogP contribution in [-0.4, -0.2) is 30.3 Å². The molecule has 0 saturated carbocycles. The first-order valence-electron chi connectivity index (χ1n) is 3.27. The van der Waals surface area contributed by atoms with Crippen molar-refractivity contribution in [2.75, 3.05) is 13.1 Å². The molecular weight excluding hydrogens is 173 g/mol. The van der Waals surface area contributed by atoms with Crippen LogP contribution in [0.25, 0.3) is 0 Å². The number of carboxylic acid groups (broad SMARTS) is 1. The third-order valence-electron chi connectivity index (χ3n) is 1.67. The van der Waals surface area contributed by atoms with E-state index in [1.165, 1.54) is 0 Å². The second kappa shape index (κ2) is 4.51. The molecule has 66 valence electrons. The SMILES string of the molecule is Cl.O=C(O)C(F)CC1CNC1. The first-order valence-corrected chi connectivity index (χ1v) is 3.27. The van der Waals surface area contributed by atoms with Gasteiger partial charge in [0.15, 0.2) is 6.17 Å². The summed E-state index contributed by atoms with van der Waals surface area (Å²) in [4.78, 5) is 9.98. The molecule has 0 radical (unpaired) electrons. The molecule has 1 rings (SSSR count). The van der Waals surface area contributed by atoms with Crippen molar-refractivity contribution in [1.82, 2.24) is 5.32 Å². The van der Waals surface area contributed by atoms with Crippen LogP contribution in [0.15, 0.2) is 0 Å². The quantitative estimate of drug-likeness (QED) is 0.668. The third kappa shape index (κ3) is 3.03. The Labute approximate surface area is 70.4 Å². The van der Waals surface area contributed by atoms with Crippen LogP contribution in [0.5, 0.6) is 0 Å². The molecule has 0 aromatic rings. The Morgan fingerprint density at radius 3 is 2.55 bits per heavy atom. The Balaban J connectivity index is 0.000001000. The highest BCUT2D eigenvalue weighted by molar-refractivity contribution is 5.85. The number of rotatable bonds is 3. The van der Waals surface area contributed by atoms with Crippen LogP contribution < -0.4 is 5.32 Å². The summed E-state index contributed by atoms with van der Waals surface area (Å²) < 4.78 is 12.4. The molecule has 5 heteroatoms. The molecule has 2 N–H and O–H groups in total. The average Bonchev–Trinajstić information content (AvgIpc) is 1.77. The van der Waals surface area contributed by atoms with Gasteiger partial charge >= 0.3 is 5.97 Å². The van der Waals surface area contributed by atoms with Crippen LogP contribution in [0.1, 0.15) is 6.42 Å². The Morgan fingerprint density at radius 1 is 1.73 bits per heavy atom. The predicted octanol–water partition coefficient (Wildman–Crippen LogP) is 0.440. The number of halogens is 2. The molecule has 0 aromatic carbocycles. The van der Waals surface area contributed by atoms with Crippen LogP contribution in [0.4, 0.5) is 4.39 Å². The van der Waals surface area contributed by atoms with Crippen molar-refractivity contribution in [3.05, 3.63) is 0 Å². The Bertz CT molecular complexity index is 141. The maximum atomic E-state index is 12.4. The van der Waals surface area contributed by atoms with Crippen molar-refractivity contribution in [2.45, 2.75) is 12.6 Å². The van der Waals surface area contributed by atoms with Gasteiger partial charge in [0.1, 0.15) is 0 Å². The van der Waals surface area contributed by atoms with Crippen molar-refractivity contribution in [2.24, 2.45) is 5.92 Å². The molecule has 0 bridgehead atoms. The number of hydrogen-bond donors (Lipinski definition) is 2. The standard InChI is InChI=1S/C6H10FNO2.ClH/c7-5(6(9)10)1-4-2-8-3-4;/h4-5,8H,1-3H2,(H,9,10);1H. The predicted molar refractivity (Wildman–Crippen MR) is 40.8 cm³/mol. The summed E-state index contributed by atoms with van der Waals surface area (Å²) >= 11 is 0. The largest absolute Gasteiger partial charge is 0.479 e. The Hall–Kier alpha value is -0.350. The molecule has 0 aromatic heterocycles. The minimum Gasteiger partial charge on any atom is -0.479 e. The van der Waals surface area contributed by atoms with Gasteiger partial charge in [0.25, 0.3) is 0 Å². The molecule has 1 aliphatic rings. The second-order valence-corrected chi connectivity index (χ2v) is 2.57. The van der Waals surface area contributed by atoms with Gasteiger partial charge in [-0.3, -0.25) is 0 Å². The van der Waals surface area contributed by atoms with Crippen LogP contribution in [0, 0.1) is 5.92 Å². The zero-order valence-electron chi connectivity index (χ0n) is 5.92. The summed E-state index contributed by atoms with van der Waals surface area (Å²) in [6, 6.07) is 0. The third-order valence-corrected chi connectivity index (χ3v) is 1.67. The van der Waals surface area contributed by atoms with Gasteiger partial charge < -0.3 is 10.4 Å². The first-order chi connectivity index (χ1) is 4.70. The number of nitrogens with one attached hydrogen (secondary N) is 1. The minimum atomic E-state index is -1.67. The van der Waals surface area contributed by atoms with E-state index < -0.39 is 12.1 Å². The zero-order chi connectivity index (χ0) is 7.56. The summed E-state index contributed by atoms with van der Waals surface area (Å²) in [7, 11) is 0. The van der Waals surface area contributed by atoms with Gasteiger partial charge in [0.2, 0.25) is 0 Å². The summed E-state index contributed by atoms with van der Waals surface area (Å²) in [5, 5.41) is 11.1. The van der Waals surface area contributed by atoms with Crippen LogP contribution >= 0.6 is 12.4 Å². The van der Waals surface area contributed by atoms with Gasteiger partial charge in [-0.25, -0.2) is 9.18 Å². The normalized spacial score (nSPS) is 19.7. The highest BCUT2D eigenvalue weighted by atomic mass is 35.5.